The summed E-state index contributed by atoms with van der Waals surface area (Å²) in [4.78, 5) is 16.2. The summed E-state index contributed by atoms with van der Waals surface area (Å²) >= 11 is 0. The van der Waals surface area contributed by atoms with Crippen molar-refractivity contribution < 1.29 is 9.32 Å². The molecule has 0 aliphatic rings. The molecular formula is C19H27N5O2. The Hall–Kier alpha value is -2.83. The van der Waals surface area contributed by atoms with Crippen LogP contribution in [0.4, 0.5) is 5.69 Å². The third kappa shape index (κ3) is 5.91. The van der Waals surface area contributed by atoms with E-state index in [-0.39, 0.29) is 12.5 Å². The van der Waals surface area contributed by atoms with Crippen molar-refractivity contribution in [2.24, 2.45) is 4.99 Å². The Labute approximate surface area is 154 Å². The van der Waals surface area contributed by atoms with Crippen LogP contribution in [0.3, 0.4) is 0 Å². The quantitative estimate of drug-likeness (QED) is 0.523. The maximum absolute atomic E-state index is 12.1. The van der Waals surface area contributed by atoms with Gasteiger partial charge >= 0.3 is 0 Å². The minimum Gasteiger partial charge on any atom is -0.359 e. The maximum Gasteiger partial charge on any atom is 0.243 e. The Bertz CT molecular complexity index is 752. The van der Waals surface area contributed by atoms with E-state index in [0.29, 0.717) is 18.4 Å². The summed E-state index contributed by atoms with van der Waals surface area (Å²) in [5.41, 5.74) is 2.89. The molecule has 26 heavy (non-hydrogen) atoms. The molecule has 0 fully saturated rings. The average molecular weight is 357 g/mol. The van der Waals surface area contributed by atoms with Gasteiger partial charge in [-0.15, -0.1) is 0 Å². The van der Waals surface area contributed by atoms with Crippen LogP contribution in [0.25, 0.3) is 0 Å². The maximum atomic E-state index is 12.1. The standard InChI is InChI=1S/C19H27N5O2/c1-5-14-7-6-8-15(9-14)23-18(25)12-22-19(20-4)21-11-16-10-17(13(2)3)24-26-16/h6-10,13H,5,11-12H2,1-4H3,(H,23,25)(H2,20,21,22). The molecule has 0 spiro atoms. The van der Waals surface area contributed by atoms with Crippen molar-refractivity contribution in [2.45, 2.75) is 39.7 Å². The van der Waals surface area contributed by atoms with Gasteiger partial charge in [-0.25, -0.2) is 0 Å². The van der Waals surface area contributed by atoms with E-state index in [2.05, 4.69) is 46.9 Å². The van der Waals surface area contributed by atoms with Crippen molar-refractivity contribution in [3.63, 3.8) is 0 Å². The number of aryl methyl sites for hydroxylation is 1. The number of guanidine groups is 1. The molecule has 0 atom stereocenters. The summed E-state index contributed by atoms with van der Waals surface area (Å²) in [5.74, 6) is 1.42. The van der Waals surface area contributed by atoms with E-state index in [1.165, 1.54) is 5.56 Å². The van der Waals surface area contributed by atoms with Crippen LogP contribution >= 0.6 is 0 Å². The fourth-order valence-electron chi connectivity index (χ4n) is 2.31. The lowest BCUT2D eigenvalue weighted by Gasteiger charge is -2.11. The number of hydrogen-bond acceptors (Lipinski definition) is 4. The molecule has 7 nitrogen and oxygen atoms in total. The van der Waals surface area contributed by atoms with Crippen LogP contribution in [-0.4, -0.2) is 30.6 Å². The van der Waals surface area contributed by atoms with E-state index < -0.39 is 0 Å². The van der Waals surface area contributed by atoms with Crippen LogP contribution < -0.4 is 16.0 Å². The van der Waals surface area contributed by atoms with Crippen molar-refractivity contribution in [3.8, 4) is 0 Å². The third-order valence-corrected chi connectivity index (χ3v) is 3.86. The van der Waals surface area contributed by atoms with Crippen LogP contribution in [0.1, 0.15) is 43.7 Å². The van der Waals surface area contributed by atoms with Gasteiger partial charge in [-0.05, 0) is 30.0 Å². The highest BCUT2D eigenvalue weighted by molar-refractivity contribution is 5.95. The third-order valence-electron chi connectivity index (χ3n) is 3.86. The van der Waals surface area contributed by atoms with Crippen LogP contribution in [0, 0.1) is 0 Å². The Kier molecular flexibility index (Phi) is 7.20. The predicted octanol–water partition coefficient (Wildman–Crippen LogP) is 2.66. The van der Waals surface area contributed by atoms with Gasteiger partial charge in [0, 0.05) is 18.8 Å². The van der Waals surface area contributed by atoms with Crippen LogP contribution in [0.2, 0.25) is 0 Å². The van der Waals surface area contributed by atoms with Gasteiger partial charge in [-0.3, -0.25) is 9.79 Å². The van der Waals surface area contributed by atoms with E-state index in [1.807, 2.05) is 30.3 Å². The molecule has 0 aliphatic heterocycles. The van der Waals surface area contributed by atoms with Gasteiger partial charge in [0.2, 0.25) is 5.91 Å². The lowest BCUT2D eigenvalue weighted by atomic mass is 10.1. The Morgan fingerprint density at radius 2 is 2.08 bits per heavy atom. The van der Waals surface area contributed by atoms with Gasteiger partial charge in [0.15, 0.2) is 11.7 Å². The fraction of sp³-hybridized carbons (Fsp3) is 0.421. The zero-order chi connectivity index (χ0) is 18.9. The number of nitrogens with one attached hydrogen (secondary N) is 3. The van der Waals surface area contributed by atoms with Gasteiger partial charge in [0.25, 0.3) is 0 Å². The zero-order valence-electron chi connectivity index (χ0n) is 15.8. The van der Waals surface area contributed by atoms with E-state index in [0.717, 1.165) is 23.6 Å². The first kappa shape index (κ1) is 19.5. The second-order valence-corrected chi connectivity index (χ2v) is 6.25. The first-order valence-electron chi connectivity index (χ1n) is 8.80. The smallest absolute Gasteiger partial charge is 0.243 e. The second-order valence-electron chi connectivity index (χ2n) is 6.25. The van der Waals surface area contributed by atoms with Crippen molar-refractivity contribution in [1.82, 2.24) is 15.8 Å². The number of anilines is 1. The van der Waals surface area contributed by atoms with Gasteiger partial charge in [-0.2, -0.15) is 0 Å². The van der Waals surface area contributed by atoms with E-state index >= 15 is 0 Å². The molecule has 0 bridgehead atoms. The zero-order valence-corrected chi connectivity index (χ0v) is 15.8. The van der Waals surface area contributed by atoms with Crippen LogP contribution in [0.15, 0.2) is 39.8 Å². The highest BCUT2D eigenvalue weighted by Crippen LogP contribution is 2.13. The summed E-state index contributed by atoms with van der Waals surface area (Å²) in [7, 11) is 1.65. The largest absolute Gasteiger partial charge is 0.359 e. The lowest BCUT2D eigenvalue weighted by molar-refractivity contribution is -0.115. The van der Waals surface area contributed by atoms with Crippen molar-refractivity contribution in [3.05, 3.63) is 47.3 Å². The molecule has 1 amide bonds. The minimum atomic E-state index is -0.136. The Morgan fingerprint density at radius 1 is 1.27 bits per heavy atom. The Balaban J connectivity index is 1.79. The SMILES string of the molecule is CCc1cccc(NC(=O)CNC(=NC)NCc2cc(C(C)C)no2)c1. The first-order chi connectivity index (χ1) is 12.5. The fourth-order valence-corrected chi connectivity index (χ4v) is 2.31. The van der Waals surface area contributed by atoms with Crippen molar-refractivity contribution in [2.75, 3.05) is 18.9 Å². The molecule has 2 rings (SSSR count). The lowest BCUT2D eigenvalue weighted by Crippen LogP contribution is -2.41. The molecule has 2 aromatic rings. The summed E-state index contributed by atoms with van der Waals surface area (Å²) in [6, 6.07) is 9.74. The molecular weight excluding hydrogens is 330 g/mol. The second kappa shape index (κ2) is 9.60. The number of benzene rings is 1. The van der Waals surface area contributed by atoms with E-state index in [4.69, 9.17) is 4.52 Å². The molecule has 140 valence electrons. The number of aliphatic imine (C=N–C) groups is 1. The minimum absolute atomic E-state index is 0.115. The van der Waals surface area contributed by atoms with Crippen LogP contribution in [0.5, 0.6) is 0 Å². The van der Waals surface area contributed by atoms with E-state index in [9.17, 15) is 4.79 Å². The number of rotatable bonds is 7. The highest BCUT2D eigenvalue weighted by atomic mass is 16.5. The number of amides is 1. The van der Waals surface area contributed by atoms with Gasteiger partial charge in [0.05, 0.1) is 18.8 Å². The number of carbonyl (C=O) groups excluding carboxylic acids is 1. The van der Waals surface area contributed by atoms with Crippen molar-refractivity contribution >= 4 is 17.6 Å². The predicted molar refractivity (Wildman–Crippen MR) is 103 cm³/mol. The summed E-state index contributed by atoms with van der Waals surface area (Å²) in [6.07, 6.45) is 0.929. The molecule has 0 unspecified atom stereocenters. The molecule has 1 aromatic carbocycles. The monoisotopic (exact) mass is 357 g/mol. The normalized spacial score (nSPS) is 11.5. The number of aromatic nitrogens is 1. The molecule has 0 saturated carbocycles. The molecule has 1 heterocycles. The Morgan fingerprint density at radius 3 is 2.73 bits per heavy atom. The number of carbonyl (C=O) groups is 1. The number of hydrogen-bond donors (Lipinski definition) is 3. The summed E-state index contributed by atoms with van der Waals surface area (Å²) in [5, 5.41) is 13.0. The van der Waals surface area contributed by atoms with Gasteiger partial charge in [0.1, 0.15) is 0 Å². The molecule has 0 aliphatic carbocycles. The molecule has 0 radical (unpaired) electrons. The summed E-state index contributed by atoms with van der Waals surface area (Å²) < 4.78 is 5.27. The molecule has 7 heteroatoms. The topological polar surface area (TPSA) is 91.5 Å². The van der Waals surface area contributed by atoms with Gasteiger partial charge in [-0.1, -0.05) is 38.1 Å². The van der Waals surface area contributed by atoms with Crippen LogP contribution in [-0.2, 0) is 17.8 Å². The summed E-state index contributed by atoms with van der Waals surface area (Å²) in [6.45, 7) is 6.76. The van der Waals surface area contributed by atoms with Gasteiger partial charge < -0.3 is 20.5 Å². The average Bonchev–Trinajstić information content (AvgIpc) is 3.11. The number of nitrogens with zero attached hydrogens (tertiary/aromatic N) is 2. The highest BCUT2D eigenvalue weighted by Gasteiger charge is 2.09. The first-order valence-corrected chi connectivity index (χ1v) is 8.80. The molecule has 3 N–H and O–H groups in total. The molecule has 0 saturated heterocycles. The molecule has 1 aromatic heterocycles. The van der Waals surface area contributed by atoms with Crippen molar-refractivity contribution in [1.29, 1.82) is 0 Å². The van der Waals surface area contributed by atoms with E-state index in [1.54, 1.807) is 7.05 Å².